The molecule has 1 saturated heterocycles. The Morgan fingerprint density at radius 3 is 2.72 bits per heavy atom. The van der Waals surface area contributed by atoms with Gasteiger partial charge in [-0.15, -0.1) is 0 Å². The van der Waals surface area contributed by atoms with Crippen LogP contribution in [0.4, 0.5) is 4.79 Å². The Labute approximate surface area is 110 Å². The Kier molecular flexibility index (Phi) is 5.41. The molecule has 1 aliphatic rings. The van der Waals surface area contributed by atoms with Crippen LogP contribution >= 0.6 is 0 Å². The zero-order chi connectivity index (χ0) is 13.8. The van der Waals surface area contributed by atoms with Crippen molar-refractivity contribution >= 4 is 6.09 Å². The van der Waals surface area contributed by atoms with Crippen molar-refractivity contribution in [3.8, 4) is 0 Å². The third-order valence-corrected chi connectivity index (χ3v) is 3.15. The summed E-state index contributed by atoms with van der Waals surface area (Å²) in [6.45, 7) is 8.74. The number of hydrogen-bond donors (Lipinski definition) is 1. The molecule has 0 aliphatic carbocycles. The molecule has 0 radical (unpaired) electrons. The number of hydrogen-bond acceptors (Lipinski definition) is 4. The van der Waals surface area contributed by atoms with Crippen LogP contribution in [0.2, 0.25) is 0 Å². The maximum absolute atomic E-state index is 12.0. The van der Waals surface area contributed by atoms with Crippen LogP contribution < -0.4 is 5.73 Å². The van der Waals surface area contributed by atoms with Gasteiger partial charge < -0.3 is 20.3 Å². The molecule has 0 saturated carbocycles. The van der Waals surface area contributed by atoms with Crippen molar-refractivity contribution in [3.05, 3.63) is 0 Å². The minimum Gasteiger partial charge on any atom is -0.444 e. The van der Waals surface area contributed by atoms with Crippen molar-refractivity contribution in [2.24, 2.45) is 5.73 Å². The molecule has 18 heavy (non-hydrogen) atoms. The van der Waals surface area contributed by atoms with E-state index < -0.39 is 5.60 Å². The summed E-state index contributed by atoms with van der Waals surface area (Å²) in [5.74, 6) is 0. The number of carbonyl (C=O) groups is 1. The van der Waals surface area contributed by atoms with E-state index in [1.807, 2.05) is 25.7 Å². The van der Waals surface area contributed by atoms with E-state index in [0.29, 0.717) is 12.6 Å². The maximum Gasteiger partial charge on any atom is 0.410 e. The van der Waals surface area contributed by atoms with Crippen molar-refractivity contribution in [1.29, 1.82) is 0 Å². The van der Waals surface area contributed by atoms with Gasteiger partial charge in [0.2, 0.25) is 0 Å². The highest BCUT2D eigenvalue weighted by atomic mass is 16.6. The molecule has 1 rings (SSSR count). The molecule has 0 aromatic heterocycles. The first-order chi connectivity index (χ1) is 8.33. The normalized spacial score (nSPS) is 21.2. The summed E-state index contributed by atoms with van der Waals surface area (Å²) in [5, 5.41) is 0. The molecule has 1 aliphatic heterocycles. The van der Waals surface area contributed by atoms with Gasteiger partial charge in [0.1, 0.15) is 5.60 Å². The average Bonchev–Trinajstić information content (AvgIpc) is 2.27. The van der Waals surface area contributed by atoms with Crippen molar-refractivity contribution in [2.75, 3.05) is 33.2 Å². The zero-order valence-corrected chi connectivity index (χ0v) is 12.1. The fourth-order valence-corrected chi connectivity index (χ4v) is 2.19. The van der Waals surface area contributed by atoms with Crippen molar-refractivity contribution in [3.63, 3.8) is 0 Å². The lowest BCUT2D eigenvalue weighted by molar-refractivity contribution is 0.0128. The van der Waals surface area contributed by atoms with Crippen LogP contribution in [0, 0.1) is 0 Å². The molecule has 1 amide bonds. The molecule has 106 valence electrons. The summed E-state index contributed by atoms with van der Waals surface area (Å²) in [7, 11) is 2.07. The number of carbonyl (C=O) groups excluding carboxylic acids is 1. The van der Waals surface area contributed by atoms with Crippen molar-refractivity contribution < 1.29 is 9.53 Å². The Bertz CT molecular complexity index is 276. The summed E-state index contributed by atoms with van der Waals surface area (Å²) in [5.41, 5.74) is 5.14. The molecule has 0 aromatic carbocycles. The SMILES string of the molecule is CN(CCN)C1CCCN(C(=O)OC(C)(C)C)C1. The van der Waals surface area contributed by atoms with E-state index in [0.717, 1.165) is 32.5 Å². The molecule has 1 unspecified atom stereocenters. The van der Waals surface area contributed by atoms with Gasteiger partial charge >= 0.3 is 6.09 Å². The second kappa shape index (κ2) is 6.38. The number of piperidine rings is 1. The van der Waals surface area contributed by atoms with Gasteiger partial charge in [-0.3, -0.25) is 0 Å². The number of likely N-dealkylation sites (tertiary alicyclic amines) is 1. The van der Waals surface area contributed by atoms with Crippen molar-refractivity contribution in [1.82, 2.24) is 9.80 Å². The first kappa shape index (κ1) is 15.2. The molecule has 1 heterocycles. The Morgan fingerprint density at radius 2 is 2.17 bits per heavy atom. The first-order valence-corrected chi connectivity index (χ1v) is 6.71. The van der Waals surface area contributed by atoms with Gasteiger partial charge in [-0.25, -0.2) is 4.79 Å². The molecule has 0 bridgehead atoms. The molecule has 1 atom stereocenters. The Morgan fingerprint density at radius 1 is 1.50 bits per heavy atom. The van der Waals surface area contributed by atoms with Crippen LogP contribution in [-0.4, -0.2) is 60.8 Å². The zero-order valence-electron chi connectivity index (χ0n) is 12.1. The van der Waals surface area contributed by atoms with Gasteiger partial charge in [0.05, 0.1) is 0 Å². The Hall–Kier alpha value is -0.810. The van der Waals surface area contributed by atoms with E-state index in [9.17, 15) is 4.79 Å². The van der Waals surface area contributed by atoms with Gasteiger partial charge in [-0.2, -0.15) is 0 Å². The maximum atomic E-state index is 12.0. The lowest BCUT2D eigenvalue weighted by atomic mass is 10.0. The van der Waals surface area contributed by atoms with E-state index in [-0.39, 0.29) is 6.09 Å². The number of nitrogens with two attached hydrogens (primary N) is 1. The summed E-state index contributed by atoms with van der Waals surface area (Å²) in [6.07, 6.45) is 1.95. The fourth-order valence-electron chi connectivity index (χ4n) is 2.19. The summed E-state index contributed by atoms with van der Waals surface area (Å²) in [6, 6.07) is 0.398. The highest BCUT2D eigenvalue weighted by molar-refractivity contribution is 5.68. The van der Waals surface area contributed by atoms with E-state index in [1.54, 1.807) is 0 Å². The van der Waals surface area contributed by atoms with Crippen molar-refractivity contribution in [2.45, 2.75) is 45.3 Å². The quantitative estimate of drug-likeness (QED) is 0.827. The van der Waals surface area contributed by atoms with Gasteiger partial charge in [0, 0.05) is 32.2 Å². The molecule has 2 N–H and O–H groups in total. The molecule has 5 heteroatoms. The number of nitrogens with zero attached hydrogens (tertiary/aromatic N) is 2. The lowest BCUT2D eigenvalue weighted by Gasteiger charge is -2.38. The second-order valence-corrected chi connectivity index (χ2v) is 5.99. The topological polar surface area (TPSA) is 58.8 Å². The van der Waals surface area contributed by atoms with Gasteiger partial charge in [0.15, 0.2) is 0 Å². The lowest BCUT2D eigenvalue weighted by Crippen LogP contribution is -2.50. The number of ether oxygens (including phenoxy) is 1. The number of rotatable bonds is 3. The van der Waals surface area contributed by atoms with E-state index in [2.05, 4.69) is 11.9 Å². The fraction of sp³-hybridized carbons (Fsp3) is 0.923. The predicted octanol–water partition coefficient (Wildman–Crippen LogP) is 1.28. The monoisotopic (exact) mass is 257 g/mol. The van der Waals surface area contributed by atoms with Crippen LogP contribution in [0.15, 0.2) is 0 Å². The smallest absolute Gasteiger partial charge is 0.410 e. The molecule has 0 spiro atoms. The third-order valence-electron chi connectivity index (χ3n) is 3.15. The van der Waals surface area contributed by atoms with Crippen LogP contribution in [0.5, 0.6) is 0 Å². The standard InChI is InChI=1S/C13H27N3O2/c1-13(2,3)18-12(17)16-8-5-6-11(10-16)15(4)9-7-14/h11H,5-10,14H2,1-4H3. The highest BCUT2D eigenvalue weighted by Gasteiger charge is 2.28. The van der Waals surface area contributed by atoms with E-state index >= 15 is 0 Å². The molecule has 1 fully saturated rings. The highest BCUT2D eigenvalue weighted by Crippen LogP contribution is 2.17. The Balaban J connectivity index is 2.50. The number of likely N-dealkylation sites (N-methyl/N-ethyl adjacent to an activating group) is 1. The molecule has 0 aromatic rings. The summed E-state index contributed by atoms with van der Waals surface area (Å²) in [4.78, 5) is 16.0. The molecular weight excluding hydrogens is 230 g/mol. The molecule has 5 nitrogen and oxygen atoms in total. The second-order valence-electron chi connectivity index (χ2n) is 5.99. The minimum absolute atomic E-state index is 0.201. The average molecular weight is 257 g/mol. The molecular formula is C13H27N3O2. The predicted molar refractivity (Wildman–Crippen MR) is 72.5 cm³/mol. The summed E-state index contributed by atoms with van der Waals surface area (Å²) < 4.78 is 5.41. The van der Waals surface area contributed by atoms with Gasteiger partial charge in [0.25, 0.3) is 0 Å². The van der Waals surface area contributed by atoms with Crippen LogP contribution in [0.1, 0.15) is 33.6 Å². The minimum atomic E-state index is -0.423. The van der Waals surface area contributed by atoms with E-state index in [1.165, 1.54) is 0 Å². The van der Waals surface area contributed by atoms with Crippen LogP contribution in [0.25, 0.3) is 0 Å². The first-order valence-electron chi connectivity index (χ1n) is 6.71. The largest absolute Gasteiger partial charge is 0.444 e. The van der Waals surface area contributed by atoms with Gasteiger partial charge in [-0.1, -0.05) is 0 Å². The van der Waals surface area contributed by atoms with Gasteiger partial charge in [-0.05, 0) is 40.7 Å². The van der Waals surface area contributed by atoms with E-state index in [4.69, 9.17) is 10.5 Å². The summed E-state index contributed by atoms with van der Waals surface area (Å²) >= 11 is 0. The van der Waals surface area contributed by atoms with Crippen LogP contribution in [-0.2, 0) is 4.74 Å². The third kappa shape index (κ3) is 4.82. The number of amides is 1. The van der Waals surface area contributed by atoms with Crippen LogP contribution in [0.3, 0.4) is 0 Å².